The van der Waals surface area contributed by atoms with Gasteiger partial charge in [0.15, 0.2) is 5.41 Å². The molecule has 3 aliphatic rings. The molecule has 2 unspecified atom stereocenters. The SMILES string of the molecule is CN1C(=O)NC(=O)C2(Cc3cc([N+](=O)[O-])ccc3N3CCN(c4ccccc4)CC32)C1=O. The topological polar surface area (TPSA) is 116 Å². The first kappa shape index (κ1) is 20.0. The minimum absolute atomic E-state index is 0.0178. The standard InChI is InChI=1S/C22H21N5O5/c1-24-20(29)22(19(28)23-21(24)30)12-14-11-16(27(31)32)7-8-17(14)26-10-9-25(13-18(22)26)15-5-3-2-4-6-15/h2-8,11,18H,9-10,12-13H2,1H3,(H,23,28,30). The van der Waals surface area contributed by atoms with Crippen LogP contribution in [0.5, 0.6) is 0 Å². The van der Waals surface area contributed by atoms with Crippen molar-refractivity contribution in [2.24, 2.45) is 5.41 Å². The van der Waals surface area contributed by atoms with Gasteiger partial charge in [-0.3, -0.25) is 29.9 Å². The molecule has 4 amide bonds. The molecule has 2 fully saturated rings. The molecule has 1 spiro atoms. The predicted molar refractivity (Wildman–Crippen MR) is 115 cm³/mol. The van der Waals surface area contributed by atoms with Crippen molar-refractivity contribution in [1.82, 2.24) is 10.2 Å². The van der Waals surface area contributed by atoms with Crippen LogP contribution in [0.25, 0.3) is 0 Å². The van der Waals surface area contributed by atoms with E-state index >= 15 is 0 Å². The number of carbonyl (C=O) groups excluding carboxylic acids is 3. The summed E-state index contributed by atoms with van der Waals surface area (Å²) in [6, 6.07) is 13.0. The molecule has 164 valence electrons. The number of nitrogens with zero attached hydrogens (tertiary/aromatic N) is 4. The lowest BCUT2D eigenvalue weighted by Gasteiger charge is -2.55. The van der Waals surface area contributed by atoms with E-state index in [9.17, 15) is 24.5 Å². The lowest BCUT2D eigenvalue weighted by atomic mass is 9.67. The zero-order chi connectivity index (χ0) is 22.6. The molecule has 2 aromatic carbocycles. The molecule has 10 heteroatoms. The number of carbonyl (C=O) groups is 3. The fourth-order valence-corrected chi connectivity index (χ4v) is 5.12. The molecule has 0 radical (unpaired) electrons. The summed E-state index contributed by atoms with van der Waals surface area (Å²) >= 11 is 0. The highest BCUT2D eigenvalue weighted by Gasteiger charge is 2.62. The zero-order valence-electron chi connectivity index (χ0n) is 17.4. The largest absolute Gasteiger partial charge is 0.368 e. The third kappa shape index (κ3) is 2.75. The van der Waals surface area contributed by atoms with Gasteiger partial charge in [-0.2, -0.15) is 0 Å². The lowest BCUT2D eigenvalue weighted by Crippen LogP contribution is -2.74. The van der Waals surface area contributed by atoms with Crippen LogP contribution >= 0.6 is 0 Å². The number of nitro benzene ring substituents is 1. The van der Waals surface area contributed by atoms with Crippen LogP contribution in [0.15, 0.2) is 48.5 Å². The summed E-state index contributed by atoms with van der Waals surface area (Å²) in [4.78, 5) is 54.9. The van der Waals surface area contributed by atoms with Crippen molar-refractivity contribution < 1.29 is 19.3 Å². The molecule has 0 aromatic heterocycles. The second-order valence-electron chi connectivity index (χ2n) is 8.33. The van der Waals surface area contributed by atoms with Crippen LogP contribution in [0.1, 0.15) is 5.56 Å². The molecule has 32 heavy (non-hydrogen) atoms. The van der Waals surface area contributed by atoms with E-state index in [1.54, 1.807) is 6.07 Å². The highest BCUT2D eigenvalue weighted by Crippen LogP contribution is 2.46. The minimum Gasteiger partial charge on any atom is -0.368 e. The van der Waals surface area contributed by atoms with Gasteiger partial charge in [0, 0.05) is 56.6 Å². The van der Waals surface area contributed by atoms with Crippen LogP contribution in [-0.2, 0) is 16.0 Å². The lowest BCUT2D eigenvalue weighted by molar-refractivity contribution is -0.384. The maximum absolute atomic E-state index is 13.5. The summed E-state index contributed by atoms with van der Waals surface area (Å²) in [6.45, 7) is 1.56. The Bertz CT molecular complexity index is 1150. The van der Waals surface area contributed by atoms with Crippen LogP contribution < -0.4 is 15.1 Å². The van der Waals surface area contributed by atoms with Crippen LogP contribution in [-0.4, -0.2) is 60.4 Å². The fourth-order valence-electron chi connectivity index (χ4n) is 5.12. The molecule has 3 heterocycles. The first-order valence-electron chi connectivity index (χ1n) is 10.3. The van der Waals surface area contributed by atoms with Gasteiger partial charge in [-0.25, -0.2) is 4.79 Å². The maximum Gasteiger partial charge on any atom is 0.330 e. The smallest absolute Gasteiger partial charge is 0.330 e. The van der Waals surface area contributed by atoms with Crippen LogP contribution in [0.4, 0.5) is 21.9 Å². The predicted octanol–water partition coefficient (Wildman–Crippen LogP) is 1.54. The number of hydrogen-bond acceptors (Lipinski definition) is 7. The summed E-state index contributed by atoms with van der Waals surface area (Å²) in [5.74, 6) is -1.25. The van der Waals surface area contributed by atoms with Crippen molar-refractivity contribution in [3.05, 3.63) is 64.2 Å². The Morgan fingerprint density at radius 3 is 2.56 bits per heavy atom. The number of hydrogen-bond donors (Lipinski definition) is 1. The zero-order valence-corrected chi connectivity index (χ0v) is 17.4. The normalized spacial score (nSPS) is 24.8. The Balaban J connectivity index is 1.65. The van der Waals surface area contributed by atoms with Crippen molar-refractivity contribution in [2.45, 2.75) is 12.5 Å². The van der Waals surface area contributed by atoms with E-state index in [1.807, 2.05) is 35.2 Å². The third-order valence-electron chi connectivity index (χ3n) is 6.74. The Hall–Kier alpha value is -3.95. The summed E-state index contributed by atoms with van der Waals surface area (Å²) in [5.41, 5.74) is 0.630. The number of amides is 4. The molecular weight excluding hydrogens is 414 g/mol. The number of para-hydroxylation sites is 1. The summed E-state index contributed by atoms with van der Waals surface area (Å²) in [5, 5.41) is 13.7. The van der Waals surface area contributed by atoms with Gasteiger partial charge in [-0.15, -0.1) is 0 Å². The number of fused-ring (bicyclic) bond motifs is 4. The number of rotatable bonds is 2. The van der Waals surface area contributed by atoms with Gasteiger partial charge < -0.3 is 9.80 Å². The second-order valence-corrected chi connectivity index (χ2v) is 8.33. The van der Waals surface area contributed by atoms with Crippen molar-refractivity contribution in [1.29, 1.82) is 0 Å². The number of benzene rings is 2. The van der Waals surface area contributed by atoms with E-state index in [0.29, 0.717) is 25.2 Å². The molecule has 10 nitrogen and oxygen atoms in total. The molecule has 2 atom stereocenters. The van der Waals surface area contributed by atoms with Gasteiger partial charge in [0.2, 0.25) is 11.8 Å². The van der Waals surface area contributed by atoms with Gasteiger partial charge >= 0.3 is 6.03 Å². The Morgan fingerprint density at radius 1 is 1.09 bits per heavy atom. The molecule has 1 N–H and O–H groups in total. The first-order valence-corrected chi connectivity index (χ1v) is 10.3. The van der Waals surface area contributed by atoms with E-state index in [0.717, 1.165) is 16.3 Å². The van der Waals surface area contributed by atoms with E-state index in [1.165, 1.54) is 19.2 Å². The second kappa shape index (κ2) is 7.04. The van der Waals surface area contributed by atoms with Gasteiger partial charge in [-0.05, 0) is 23.8 Å². The molecule has 2 saturated heterocycles. The number of nitro groups is 1. The number of urea groups is 1. The summed E-state index contributed by atoms with van der Waals surface area (Å²) in [6.07, 6.45) is -0.0178. The Kier molecular flexibility index (Phi) is 4.40. The summed E-state index contributed by atoms with van der Waals surface area (Å²) in [7, 11) is 1.34. The highest BCUT2D eigenvalue weighted by molar-refractivity contribution is 6.20. The van der Waals surface area contributed by atoms with Crippen LogP contribution in [0.3, 0.4) is 0 Å². The van der Waals surface area contributed by atoms with E-state index in [-0.39, 0.29) is 12.1 Å². The van der Waals surface area contributed by atoms with Gasteiger partial charge in [0.1, 0.15) is 0 Å². The number of non-ortho nitro benzene ring substituents is 1. The monoisotopic (exact) mass is 435 g/mol. The molecule has 0 aliphatic carbocycles. The quantitative estimate of drug-likeness (QED) is 0.432. The number of imide groups is 2. The van der Waals surface area contributed by atoms with Crippen molar-refractivity contribution >= 4 is 34.9 Å². The van der Waals surface area contributed by atoms with Gasteiger partial charge in [-0.1, -0.05) is 18.2 Å². The summed E-state index contributed by atoms with van der Waals surface area (Å²) < 4.78 is 0. The fraction of sp³-hybridized carbons (Fsp3) is 0.318. The maximum atomic E-state index is 13.5. The molecular formula is C22H21N5O5. The number of piperazine rings is 1. The molecule has 0 bridgehead atoms. The van der Waals surface area contributed by atoms with Gasteiger partial charge in [0.05, 0.1) is 11.0 Å². The number of anilines is 2. The van der Waals surface area contributed by atoms with Crippen molar-refractivity contribution in [3.8, 4) is 0 Å². The Labute approximate surface area is 183 Å². The van der Waals surface area contributed by atoms with Crippen LogP contribution in [0.2, 0.25) is 0 Å². The van der Waals surface area contributed by atoms with E-state index < -0.39 is 34.2 Å². The Morgan fingerprint density at radius 2 is 1.84 bits per heavy atom. The average molecular weight is 435 g/mol. The third-order valence-corrected chi connectivity index (χ3v) is 6.74. The molecule has 0 saturated carbocycles. The van der Waals surface area contributed by atoms with E-state index in [4.69, 9.17) is 0 Å². The minimum atomic E-state index is -1.57. The highest BCUT2D eigenvalue weighted by atomic mass is 16.6. The average Bonchev–Trinajstić information content (AvgIpc) is 2.81. The van der Waals surface area contributed by atoms with Crippen molar-refractivity contribution in [2.75, 3.05) is 36.5 Å². The van der Waals surface area contributed by atoms with Crippen LogP contribution in [0, 0.1) is 15.5 Å². The van der Waals surface area contributed by atoms with E-state index in [2.05, 4.69) is 10.2 Å². The van der Waals surface area contributed by atoms with Gasteiger partial charge in [0.25, 0.3) is 5.69 Å². The molecule has 5 rings (SSSR count). The van der Waals surface area contributed by atoms with Crippen molar-refractivity contribution in [3.63, 3.8) is 0 Å². The first-order chi connectivity index (χ1) is 15.3. The number of barbiturate groups is 1. The molecule has 2 aromatic rings. The molecule has 3 aliphatic heterocycles. The number of nitrogens with one attached hydrogen (secondary N) is 1.